The second-order valence-corrected chi connectivity index (χ2v) is 5.51. The summed E-state index contributed by atoms with van der Waals surface area (Å²) < 4.78 is 29.2. The third-order valence-corrected chi connectivity index (χ3v) is 3.90. The van der Waals surface area contributed by atoms with Gasteiger partial charge in [-0.3, -0.25) is 4.79 Å². The Hall–Kier alpha value is -1.89. The molecule has 18 heavy (non-hydrogen) atoms. The average molecular weight is 271 g/mol. The van der Waals surface area contributed by atoms with Crippen LogP contribution in [0.3, 0.4) is 0 Å². The first kappa shape index (κ1) is 14.2. The Bertz CT molecular complexity index is 538. The maximum Gasteiger partial charge on any atom is 0.420 e. The molecule has 0 saturated carbocycles. The van der Waals surface area contributed by atoms with E-state index in [1.54, 1.807) is 22.9 Å². The number of benzene rings is 1. The highest BCUT2D eigenvalue weighted by atomic mass is 32.2. The number of Topliss-reactive ketones (excluding diaryl/α,β-unsaturated/α-hetero) is 1. The Labute approximate surface area is 105 Å². The van der Waals surface area contributed by atoms with Crippen molar-refractivity contribution in [1.82, 2.24) is 4.72 Å². The molecule has 0 aliphatic heterocycles. The Kier molecular flexibility index (Phi) is 4.43. The zero-order valence-electron chi connectivity index (χ0n) is 9.91. The molecule has 0 aliphatic rings. The first-order valence-electron chi connectivity index (χ1n) is 5.07. The SMILES string of the molecule is COC(=O)NS(=O)(=O)C(C)C(=O)c1ccccc1. The molecule has 1 unspecified atom stereocenters. The van der Waals surface area contributed by atoms with Crippen LogP contribution >= 0.6 is 0 Å². The normalized spacial score (nSPS) is 12.6. The van der Waals surface area contributed by atoms with Crippen LogP contribution in [-0.2, 0) is 14.8 Å². The number of hydrogen-bond acceptors (Lipinski definition) is 5. The minimum Gasteiger partial charge on any atom is -0.452 e. The van der Waals surface area contributed by atoms with Crippen LogP contribution in [-0.4, -0.2) is 32.7 Å². The van der Waals surface area contributed by atoms with E-state index < -0.39 is 27.1 Å². The third-order valence-electron chi connectivity index (χ3n) is 2.30. The molecule has 7 heteroatoms. The number of nitrogens with one attached hydrogen (secondary N) is 1. The number of carbonyl (C=O) groups is 2. The first-order valence-corrected chi connectivity index (χ1v) is 6.62. The lowest BCUT2D eigenvalue weighted by molar-refractivity contribution is 0.0991. The van der Waals surface area contributed by atoms with Crippen molar-refractivity contribution in [3.8, 4) is 0 Å². The molecule has 0 saturated heterocycles. The lowest BCUT2D eigenvalue weighted by Gasteiger charge is -2.12. The van der Waals surface area contributed by atoms with Crippen molar-refractivity contribution >= 4 is 21.9 Å². The number of sulfonamides is 1. The quantitative estimate of drug-likeness (QED) is 0.823. The van der Waals surface area contributed by atoms with Crippen molar-refractivity contribution in [2.45, 2.75) is 12.2 Å². The van der Waals surface area contributed by atoms with E-state index in [2.05, 4.69) is 4.74 Å². The van der Waals surface area contributed by atoms with Crippen LogP contribution in [0, 0.1) is 0 Å². The van der Waals surface area contributed by atoms with E-state index in [4.69, 9.17) is 0 Å². The summed E-state index contributed by atoms with van der Waals surface area (Å²) in [7, 11) is -3.06. The van der Waals surface area contributed by atoms with Gasteiger partial charge < -0.3 is 4.74 Å². The number of carbonyl (C=O) groups excluding carboxylic acids is 2. The molecule has 1 atom stereocenters. The van der Waals surface area contributed by atoms with Crippen LogP contribution in [0.4, 0.5) is 4.79 Å². The predicted molar refractivity (Wildman–Crippen MR) is 64.7 cm³/mol. The average Bonchev–Trinajstić information content (AvgIpc) is 2.37. The highest BCUT2D eigenvalue weighted by Crippen LogP contribution is 2.09. The number of rotatable bonds is 4. The van der Waals surface area contributed by atoms with E-state index in [1.807, 2.05) is 0 Å². The molecule has 1 aromatic carbocycles. The summed E-state index contributed by atoms with van der Waals surface area (Å²) >= 11 is 0. The second kappa shape index (κ2) is 5.63. The molecule has 0 spiro atoms. The van der Waals surface area contributed by atoms with Crippen LogP contribution in [0.5, 0.6) is 0 Å². The van der Waals surface area contributed by atoms with Gasteiger partial charge in [0, 0.05) is 5.56 Å². The van der Waals surface area contributed by atoms with Crippen molar-refractivity contribution in [3.05, 3.63) is 35.9 Å². The van der Waals surface area contributed by atoms with Crippen molar-refractivity contribution in [2.75, 3.05) is 7.11 Å². The molecule has 1 amide bonds. The van der Waals surface area contributed by atoms with Gasteiger partial charge in [0.2, 0.25) is 10.0 Å². The second-order valence-electron chi connectivity index (χ2n) is 3.51. The molecule has 0 aromatic heterocycles. The lowest BCUT2D eigenvalue weighted by atomic mass is 10.1. The fourth-order valence-electron chi connectivity index (χ4n) is 1.22. The van der Waals surface area contributed by atoms with Crippen molar-refractivity contribution < 1.29 is 22.7 Å². The van der Waals surface area contributed by atoms with Crippen LogP contribution < -0.4 is 4.72 Å². The van der Waals surface area contributed by atoms with Gasteiger partial charge in [-0.15, -0.1) is 0 Å². The molecular weight excluding hydrogens is 258 g/mol. The lowest BCUT2D eigenvalue weighted by Crippen LogP contribution is -2.40. The summed E-state index contributed by atoms with van der Waals surface area (Å²) in [6.07, 6.45) is -1.12. The molecule has 0 bridgehead atoms. The Morgan fingerprint density at radius 2 is 1.78 bits per heavy atom. The Balaban J connectivity index is 2.91. The minimum atomic E-state index is -4.09. The van der Waals surface area contributed by atoms with Crippen LogP contribution in [0.15, 0.2) is 30.3 Å². The van der Waals surface area contributed by atoms with Gasteiger partial charge in [0.25, 0.3) is 0 Å². The van der Waals surface area contributed by atoms with Gasteiger partial charge >= 0.3 is 6.09 Å². The molecule has 1 rings (SSSR count). The summed E-state index contributed by atoms with van der Waals surface area (Å²) in [5.41, 5.74) is 0.264. The van der Waals surface area contributed by atoms with Gasteiger partial charge in [-0.2, -0.15) is 0 Å². The third kappa shape index (κ3) is 3.30. The molecule has 98 valence electrons. The van der Waals surface area contributed by atoms with Crippen LogP contribution in [0.25, 0.3) is 0 Å². The van der Waals surface area contributed by atoms with Gasteiger partial charge in [0.05, 0.1) is 7.11 Å². The molecular formula is C11H13NO5S. The highest BCUT2D eigenvalue weighted by molar-refractivity contribution is 7.91. The van der Waals surface area contributed by atoms with Gasteiger partial charge in [0.1, 0.15) is 5.25 Å². The predicted octanol–water partition coefficient (Wildman–Crippen LogP) is 0.944. The van der Waals surface area contributed by atoms with Crippen LogP contribution in [0.2, 0.25) is 0 Å². The molecule has 0 heterocycles. The zero-order valence-corrected chi connectivity index (χ0v) is 10.7. The van der Waals surface area contributed by atoms with Crippen molar-refractivity contribution in [3.63, 3.8) is 0 Å². The number of amides is 1. The Morgan fingerprint density at radius 3 is 2.28 bits per heavy atom. The molecule has 1 N–H and O–H groups in total. The van der Waals surface area contributed by atoms with Crippen LogP contribution in [0.1, 0.15) is 17.3 Å². The van der Waals surface area contributed by atoms with Gasteiger partial charge in [-0.05, 0) is 6.92 Å². The fraction of sp³-hybridized carbons (Fsp3) is 0.273. The first-order chi connectivity index (χ1) is 8.38. The van der Waals surface area contributed by atoms with E-state index in [1.165, 1.54) is 19.1 Å². The van der Waals surface area contributed by atoms with Crippen molar-refractivity contribution in [1.29, 1.82) is 0 Å². The zero-order chi connectivity index (χ0) is 13.8. The monoisotopic (exact) mass is 271 g/mol. The largest absolute Gasteiger partial charge is 0.452 e. The van der Waals surface area contributed by atoms with E-state index in [0.717, 1.165) is 7.11 Å². The molecule has 0 aliphatic carbocycles. The number of hydrogen-bond donors (Lipinski definition) is 1. The standard InChI is InChI=1S/C11H13NO5S/c1-8(18(15,16)12-11(14)17-2)10(13)9-6-4-3-5-7-9/h3-8H,1-2H3,(H,12,14). The van der Waals surface area contributed by atoms with E-state index in [0.29, 0.717) is 0 Å². The van der Waals surface area contributed by atoms with E-state index in [-0.39, 0.29) is 5.56 Å². The van der Waals surface area contributed by atoms with E-state index >= 15 is 0 Å². The highest BCUT2D eigenvalue weighted by Gasteiger charge is 2.30. The maximum atomic E-state index is 11.9. The summed E-state index contributed by atoms with van der Waals surface area (Å²) in [5.74, 6) is -0.591. The molecule has 6 nitrogen and oxygen atoms in total. The van der Waals surface area contributed by atoms with Gasteiger partial charge in [-0.1, -0.05) is 30.3 Å². The number of ether oxygens (including phenoxy) is 1. The minimum absolute atomic E-state index is 0.264. The summed E-state index contributed by atoms with van der Waals surface area (Å²) in [6.45, 7) is 1.21. The fourth-order valence-corrected chi connectivity index (χ4v) is 2.13. The smallest absolute Gasteiger partial charge is 0.420 e. The molecule has 0 radical (unpaired) electrons. The van der Waals surface area contributed by atoms with E-state index in [9.17, 15) is 18.0 Å². The molecule has 1 aromatic rings. The van der Waals surface area contributed by atoms with Gasteiger partial charge in [0.15, 0.2) is 5.78 Å². The van der Waals surface area contributed by atoms with Gasteiger partial charge in [-0.25, -0.2) is 17.9 Å². The molecule has 0 fully saturated rings. The summed E-state index contributed by atoms with van der Waals surface area (Å²) in [4.78, 5) is 22.8. The maximum absolute atomic E-state index is 11.9. The topological polar surface area (TPSA) is 89.5 Å². The Morgan fingerprint density at radius 1 is 1.22 bits per heavy atom. The summed E-state index contributed by atoms with van der Waals surface area (Å²) in [5, 5.41) is -1.38. The summed E-state index contributed by atoms with van der Waals surface area (Å²) in [6, 6.07) is 7.97. The van der Waals surface area contributed by atoms with Crippen molar-refractivity contribution in [2.24, 2.45) is 0 Å². The number of ketones is 1. The number of methoxy groups -OCH3 is 1.